The van der Waals surface area contributed by atoms with Crippen molar-refractivity contribution in [3.63, 3.8) is 0 Å². The lowest BCUT2D eigenvalue weighted by Crippen LogP contribution is -2.18. The SMILES string of the molecule is Cc1ccc2nc(NC(C)C3CC3)nn2c1. The number of hydrogen-bond acceptors (Lipinski definition) is 3. The summed E-state index contributed by atoms with van der Waals surface area (Å²) in [6.07, 6.45) is 4.66. The number of nitrogens with one attached hydrogen (secondary N) is 1. The fraction of sp³-hybridized carbons (Fsp3) is 0.500. The standard InChI is InChI=1S/C12H16N4/c1-8-3-6-11-14-12(15-16(11)7-8)13-9(2)10-4-5-10/h3,6-7,9-10H,4-5H2,1-2H3,(H,13,15). The van der Waals surface area contributed by atoms with Crippen molar-refractivity contribution in [3.8, 4) is 0 Å². The molecule has 1 aliphatic rings. The van der Waals surface area contributed by atoms with Gasteiger partial charge in [0, 0.05) is 12.2 Å². The monoisotopic (exact) mass is 216 g/mol. The quantitative estimate of drug-likeness (QED) is 0.855. The second-order valence-electron chi connectivity index (χ2n) is 4.72. The summed E-state index contributed by atoms with van der Waals surface area (Å²) in [5.41, 5.74) is 2.09. The van der Waals surface area contributed by atoms with Crippen LogP contribution in [0.2, 0.25) is 0 Å². The fourth-order valence-electron chi connectivity index (χ4n) is 1.96. The minimum Gasteiger partial charge on any atom is -0.350 e. The van der Waals surface area contributed by atoms with Gasteiger partial charge in [-0.2, -0.15) is 4.98 Å². The summed E-state index contributed by atoms with van der Waals surface area (Å²) in [6, 6.07) is 4.53. The van der Waals surface area contributed by atoms with E-state index >= 15 is 0 Å². The molecule has 0 amide bonds. The van der Waals surface area contributed by atoms with E-state index in [2.05, 4.69) is 35.3 Å². The largest absolute Gasteiger partial charge is 0.350 e. The van der Waals surface area contributed by atoms with Crippen molar-refractivity contribution in [2.24, 2.45) is 5.92 Å². The third-order valence-corrected chi connectivity index (χ3v) is 3.16. The third-order valence-electron chi connectivity index (χ3n) is 3.16. The van der Waals surface area contributed by atoms with Crippen LogP contribution in [-0.4, -0.2) is 20.6 Å². The molecule has 2 aromatic heterocycles. The third kappa shape index (κ3) is 1.75. The van der Waals surface area contributed by atoms with Crippen molar-refractivity contribution in [2.75, 3.05) is 5.32 Å². The number of pyridine rings is 1. The van der Waals surface area contributed by atoms with Crippen molar-refractivity contribution in [3.05, 3.63) is 23.9 Å². The summed E-state index contributed by atoms with van der Waals surface area (Å²) in [4.78, 5) is 4.44. The molecule has 16 heavy (non-hydrogen) atoms. The summed E-state index contributed by atoms with van der Waals surface area (Å²) in [5, 5.41) is 7.79. The summed E-state index contributed by atoms with van der Waals surface area (Å²) in [7, 11) is 0. The first-order valence-electron chi connectivity index (χ1n) is 5.82. The molecule has 1 aliphatic carbocycles. The van der Waals surface area contributed by atoms with Crippen molar-refractivity contribution in [2.45, 2.75) is 32.7 Å². The molecule has 84 valence electrons. The Morgan fingerprint density at radius 2 is 2.25 bits per heavy atom. The highest BCUT2D eigenvalue weighted by Gasteiger charge is 2.28. The maximum Gasteiger partial charge on any atom is 0.243 e. The van der Waals surface area contributed by atoms with Crippen LogP contribution >= 0.6 is 0 Å². The lowest BCUT2D eigenvalue weighted by atomic mass is 10.2. The number of rotatable bonds is 3. The predicted molar refractivity (Wildman–Crippen MR) is 63.5 cm³/mol. The van der Waals surface area contributed by atoms with Crippen LogP contribution in [0.25, 0.3) is 5.65 Å². The summed E-state index contributed by atoms with van der Waals surface area (Å²) in [6.45, 7) is 4.26. The van der Waals surface area contributed by atoms with Crippen LogP contribution in [-0.2, 0) is 0 Å². The van der Waals surface area contributed by atoms with Crippen molar-refractivity contribution >= 4 is 11.6 Å². The highest BCUT2D eigenvalue weighted by Crippen LogP contribution is 2.33. The molecule has 2 aromatic rings. The van der Waals surface area contributed by atoms with E-state index in [1.54, 1.807) is 0 Å². The van der Waals surface area contributed by atoms with Gasteiger partial charge in [-0.05, 0) is 44.2 Å². The Kier molecular flexibility index (Phi) is 2.09. The first kappa shape index (κ1) is 9.63. The lowest BCUT2D eigenvalue weighted by molar-refractivity contribution is 0.686. The van der Waals surface area contributed by atoms with Gasteiger partial charge in [0.05, 0.1) is 0 Å². The van der Waals surface area contributed by atoms with Gasteiger partial charge in [0.25, 0.3) is 0 Å². The Balaban J connectivity index is 1.86. The van der Waals surface area contributed by atoms with Crippen molar-refractivity contribution in [1.82, 2.24) is 14.6 Å². The molecule has 1 atom stereocenters. The number of anilines is 1. The number of fused-ring (bicyclic) bond motifs is 1. The van der Waals surface area contributed by atoms with Gasteiger partial charge < -0.3 is 5.32 Å². The maximum absolute atomic E-state index is 4.44. The molecule has 1 saturated carbocycles. The molecule has 0 bridgehead atoms. The van der Waals surface area contributed by atoms with Gasteiger partial charge in [-0.3, -0.25) is 0 Å². The van der Waals surface area contributed by atoms with Gasteiger partial charge in [0.15, 0.2) is 5.65 Å². The lowest BCUT2D eigenvalue weighted by Gasteiger charge is -2.09. The minimum atomic E-state index is 0.485. The molecule has 0 aliphatic heterocycles. The maximum atomic E-state index is 4.44. The number of hydrogen-bond donors (Lipinski definition) is 1. The number of aromatic nitrogens is 3. The van der Waals surface area contributed by atoms with Gasteiger partial charge in [-0.25, -0.2) is 4.52 Å². The average molecular weight is 216 g/mol. The van der Waals surface area contributed by atoms with E-state index in [4.69, 9.17) is 0 Å². The van der Waals surface area contributed by atoms with E-state index in [9.17, 15) is 0 Å². The number of aryl methyl sites for hydroxylation is 1. The normalized spacial score (nSPS) is 17.6. The molecule has 0 aromatic carbocycles. The van der Waals surface area contributed by atoms with E-state index in [0.29, 0.717) is 6.04 Å². The van der Waals surface area contributed by atoms with Crippen LogP contribution in [0.5, 0.6) is 0 Å². The molecular weight excluding hydrogens is 200 g/mol. The molecule has 1 N–H and O–H groups in total. The smallest absolute Gasteiger partial charge is 0.243 e. The Hall–Kier alpha value is -1.58. The van der Waals surface area contributed by atoms with Crippen molar-refractivity contribution in [1.29, 1.82) is 0 Å². The Morgan fingerprint density at radius 3 is 3.00 bits per heavy atom. The predicted octanol–water partition coefficient (Wildman–Crippen LogP) is 2.25. The molecule has 0 saturated heterocycles. The van der Waals surface area contributed by atoms with Crippen LogP contribution in [0.1, 0.15) is 25.3 Å². The molecule has 0 spiro atoms. The first-order chi connectivity index (χ1) is 7.72. The second kappa shape index (κ2) is 3.47. The van der Waals surface area contributed by atoms with E-state index in [1.807, 2.05) is 16.8 Å². The minimum absolute atomic E-state index is 0.485. The van der Waals surface area contributed by atoms with Crippen LogP contribution in [0.15, 0.2) is 18.3 Å². The van der Waals surface area contributed by atoms with Gasteiger partial charge in [-0.15, -0.1) is 5.10 Å². The Bertz CT molecular complexity index is 513. The molecule has 1 fully saturated rings. The zero-order valence-corrected chi connectivity index (χ0v) is 9.64. The van der Waals surface area contributed by atoms with Crippen LogP contribution in [0, 0.1) is 12.8 Å². The molecule has 0 radical (unpaired) electrons. The molecule has 4 nitrogen and oxygen atoms in total. The summed E-state index contributed by atoms with van der Waals surface area (Å²) >= 11 is 0. The van der Waals surface area contributed by atoms with E-state index < -0.39 is 0 Å². The summed E-state index contributed by atoms with van der Waals surface area (Å²) < 4.78 is 1.83. The molecule has 1 unspecified atom stereocenters. The second-order valence-corrected chi connectivity index (χ2v) is 4.72. The molecule has 2 heterocycles. The van der Waals surface area contributed by atoms with Gasteiger partial charge in [0.2, 0.25) is 5.95 Å². The van der Waals surface area contributed by atoms with Gasteiger partial charge in [0.1, 0.15) is 0 Å². The van der Waals surface area contributed by atoms with Crippen molar-refractivity contribution < 1.29 is 0 Å². The average Bonchev–Trinajstić information content (AvgIpc) is 3.00. The first-order valence-corrected chi connectivity index (χ1v) is 5.82. The van der Waals surface area contributed by atoms with Gasteiger partial charge >= 0.3 is 0 Å². The van der Waals surface area contributed by atoms with Crippen LogP contribution in [0.4, 0.5) is 5.95 Å². The topological polar surface area (TPSA) is 42.2 Å². The molecule has 3 rings (SSSR count). The van der Waals surface area contributed by atoms with Crippen LogP contribution < -0.4 is 5.32 Å². The zero-order chi connectivity index (χ0) is 11.1. The molecule has 4 heteroatoms. The van der Waals surface area contributed by atoms with Crippen LogP contribution in [0.3, 0.4) is 0 Å². The Labute approximate surface area is 94.7 Å². The van der Waals surface area contributed by atoms with E-state index in [-0.39, 0.29) is 0 Å². The Morgan fingerprint density at radius 1 is 1.44 bits per heavy atom. The highest BCUT2D eigenvalue weighted by molar-refractivity contribution is 5.44. The van der Waals surface area contributed by atoms with E-state index in [0.717, 1.165) is 17.5 Å². The number of nitrogens with zero attached hydrogens (tertiary/aromatic N) is 3. The fourth-order valence-corrected chi connectivity index (χ4v) is 1.96. The van der Waals surface area contributed by atoms with E-state index in [1.165, 1.54) is 18.4 Å². The summed E-state index contributed by atoms with van der Waals surface area (Å²) in [5.74, 6) is 1.55. The zero-order valence-electron chi connectivity index (χ0n) is 9.64. The van der Waals surface area contributed by atoms with Gasteiger partial charge in [-0.1, -0.05) is 6.07 Å². The highest BCUT2D eigenvalue weighted by atomic mass is 15.3. The molecular formula is C12H16N4.